The maximum atomic E-state index is 11.9. The number of amides is 4. The minimum atomic E-state index is -0.365. The van der Waals surface area contributed by atoms with E-state index in [9.17, 15) is 19.2 Å². The van der Waals surface area contributed by atoms with Crippen molar-refractivity contribution in [2.75, 3.05) is 52.6 Å². The van der Waals surface area contributed by atoms with Gasteiger partial charge in [0.1, 0.15) is 0 Å². The Morgan fingerprint density at radius 2 is 1.72 bits per heavy atom. The van der Waals surface area contributed by atoms with Crippen LogP contribution in [0.4, 0.5) is 0 Å². The summed E-state index contributed by atoms with van der Waals surface area (Å²) in [5, 5.41) is 3.99. The summed E-state index contributed by atoms with van der Waals surface area (Å²) < 4.78 is 11.2. The smallest absolute Gasteiger partial charge is 0.258 e. The van der Waals surface area contributed by atoms with Crippen molar-refractivity contribution in [2.24, 2.45) is 11.1 Å². The second-order valence-electron chi connectivity index (χ2n) is 18.5. The number of hydrazine groups is 1. The van der Waals surface area contributed by atoms with Crippen LogP contribution in [-0.2, 0) is 41.6 Å². The Morgan fingerprint density at radius 3 is 2.36 bits per heavy atom. The molecule has 69 heavy (non-hydrogen) atoms. The number of H-pyrrole nitrogens is 1. The Labute approximate surface area is 413 Å². The maximum Gasteiger partial charge on any atom is 0.258 e. The van der Waals surface area contributed by atoms with Gasteiger partial charge in [0, 0.05) is 74.8 Å². The molecule has 6 rings (SSSR count). The number of aryl methyl sites for hydroxylation is 1. The molecule has 5 aromatic rings. The predicted molar refractivity (Wildman–Crippen MR) is 279 cm³/mol. The van der Waals surface area contributed by atoms with Crippen LogP contribution in [0.1, 0.15) is 108 Å². The molecular weight excluding hydrogens is 889 g/mol. The van der Waals surface area contributed by atoms with E-state index in [0.29, 0.717) is 44.8 Å². The number of nitrogens with two attached hydrogens (primary N) is 1. The molecule has 1 saturated heterocycles. The number of primary amides is 1. The summed E-state index contributed by atoms with van der Waals surface area (Å²) in [6.45, 7) is 20.5. The van der Waals surface area contributed by atoms with Gasteiger partial charge in [-0.15, -0.1) is 11.3 Å². The molecular formula is C54H76N8O6S. The average Bonchev–Trinajstić information content (AvgIpc) is 4.08. The van der Waals surface area contributed by atoms with Gasteiger partial charge in [-0.25, -0.2) is 10.4 Å². The molecule has 0 spiro atoms. The number of hydrogen-bond acceptors (Lipinski definition) is 10. The number of hydrogen-bond donors (Lipinski definition) is 5. The van der Waals surface area contributed by atoms with Crippen LogP contribution in [0.5, 0.6) is 0 Å². The molecule has 0 saturated carbocycles. The number of para-hydroxylation sites is 1. The Hall–Kier alpha value is -5.71. The molecule has 1 aliphatic heterocycles. The summed E-state index contributed by atoms with van der Waals surface area (Å²) >= 11 is 1.64. The lowest BCUT2D eigenvalue weighted by Crippen LogP contribution is -2.36. The molecule has 1 fully saturated rings. The van der Waals surface area contributed by atoms with Crippen LogP contribution < -0.4 is 21.9 Å². The van der Waals surface area contributed by atoms with Crippen LogP contribution in [0.3, 0.4) is 0 Å². The highest BCUT2D eigenvalue weighted by Crippen LogP contribution is 2.28. The lowest BCUT2D eigenvalue weighted by Gasteiger charge is -2.26. The molecule has 0 radical (unpaired) electrons. The van der Waals surface area contributed by atoms with Gasteiger partial charge < -0.3 is 30.4 Å². The first-order chi connectivity index (χ1) is 33.2. The molecule has 4 amide bonds. The second-order valence-corrected chi connectivity index (χ2v) is 19.4. The topological polar surface area (TPSA) is 184 Å². The maximum absolute atomic E-state index is 11.9. The minimum Gasteiger partial charge on any atom is -0.379 e. The fourth-order valence-electron chi connectivity index (χ4n) is 7.62. The van der Waals surface area contributed by atoms with Crippen molar-refractivity contribution in [3.05, 3.63) is 119 Å². The van der Waals surface area contributed by atoms with Crippen LogP contribution in [-0.4, -0.2) is 103 Å². The van der Waals surface area contributed by atoms with E-state index in [0.717, 1.165) is 74.3 Å². The standard InChI is InChI=1S/C30H41N5O4.C13H14N2OS.C11H21NO/c1-2-15-33-34-30(37)12-11-24-7-9-25(10-8-24)23-35(17-19-39-21-20-38-18-14-29(31)36)16-13-26-22-32-28-6-4-3-5-27(26)28;1-9(14-7-16)11-3-5-12(6-4-11)13-10(2)15-8-17-13;1-9-6-5-7-12(9)10(13)8-11(2,3)4/h3-12,22,32-33H,2,13-21,23H2,1H3,(H2,31,36)(H,34,37);3-9H,1-2H3,(H,14,16);9H,5-8H2,1-4H3/b12-11+;;. The summed E-state index contributed by atoms with van der Waals surface area (Å²) in [5.74, 6) is -0.206. The summed E-state index contributed by atoms with van der Waals surface area (Å²) in [6, 6.07) is 25.3. The number of nitrogens with zero attached hydrogens (tertiary/aromatic N) is 3. The fraction of sp³-hybridized carbons (Fsp3) is 0.463. The van der Waals surface area contributed by atoms with E-state index in [4.69, 9.17) is 15.2 Å². The van der Waals surface area contributed by atoms with Crippen molar-refractivity contribution in [1.29, 1.82) is 0 Å². The lowest BCUT2D eigenvalue weighted by molar-refractivity contribution is -0.133. The van der Waals surface area contributed by atoms with Crippen molar-refractivity contribution in [1.82, 2.24) is 35.9 Å². The largest absolute Gasteiger partial charge is 0.379 e. The summed E-state index contributed by atoms with van der Waals surface area (Å²) in [4.78, 5) is 58.0. The van der Waals surface area contributed by atoms with E-state index in [1.54, 1.807) is 17.4 Å². The number of benzene rings is 3. The first-order valence-corrected chi connectivity index (χ1v) is 25.1. The number of ether oxygens (including phenoxy) is 2. The van der Waals surface area contributed by atoms with Gasteiger partial charge >= 0.3 is 0 Å². The number of nitrogens with one attached hydrogen (secondary N) is 4. The molecule has 14 nitrogen and oxygen atoms in total. The molecule has 3 heterocycles. The van der Waals surface area contributed by atoms with Gasteiger partial charge in [0.2, 0.25) is 18.2 Å². The van der Waals surface area contributed by atoms with Crippen molar-refractivity contribution < 1.29 is 28.7 Å². The third-order valence-corrected chi connectivity index (χ3v) is 12.5. The van der Waals surface area contributed by atoms with Crippen molar-refractivity contribution in [3.8, 4) is 10.4 Å². The quantitative estimate of drug-likeness (QED) is 0.0175. The third kappa shape index (κ3) is 20.8. The number of likely N-dealkylation sites (tertiary alicyclic amines) is 1. The first kappa shape index (κ1) is 55.9. The van der Waals surface area contributed by atoms with Gasteiger partial charge in [-0.2, -0.15) is 0 Å². The summed E-state index contributed by atoms with van der Waals surface area (Å²) in [7, 11) is 0. The molecule has 0 aliphatic carbocycles. The number of aromatic amines is 1. The number of aromatic nitrogens is 2. The fourth-order valence-corrected chi connectivity index (χ4v) is 8.43. The van der Waals surface area contributed by atoms with Crippen LogP contribution in [0.25, 0.3) is 27.4 Å². The minimum absolute atomic E-state index is 0.0455. The second kappa shape index (κ2) is 30.0. The SMILES string of the molecule is CC1CCCN1C(=O)CC(C)(C)C.CCCNNC(=O)/C=C/c1ccc(CN(CCOCCOCCC(N)=O)CCc2c[nH]c3ccccc23)cc1.Cc1ncsc1-c1ccc(C(C)NC=O)cc1. The van der Waals surface area contributed by atoms with E-state index in [1.165, 1.54) is 45.9 Å². The summed E-state index contributed by atoms with van der Waals surface area (Å²) in [6.07, 6.45) is 11.3. The van der Waals surface area contributed by atoms with Crippen LogP contribution >= 0.6 is 11.3 Å². The number of carbonyl (C=O) groups is 4. The molecule has 1 aliphatic rings. The summed E-state index contributed by atoms with van der Waals surface area (Å²) in [5.41, 5.74) is 20.6. The van der Waals surface area contributed by atoms with Gasteiger partial charge in [0.25, 0.3) is 5.91 Å². The van der Waals surface area contributed by atoms with E-state index in [-0.39, 0.29) is 29.7 Å². The normalized spacial score (nSPS) is 14.0. The number of carbonyl (C=O) groups excluding carboxylic acids is 4. The van der Waals surface area contributed by atoms with Crippen molar-refractivity contribution in [2.45, 2.75) is 106 Å². The van der Waals surface area contributed by atoms with Gasteiger partial charge in [-0.3, -0.25) is 29.5 Å². The lowest BCUT2D eigenvalue weighted by atomic mass is 9.91. The van der Waals surface area contributed by atoms with E-state index < -0.39 is 0 Å². The Bertz CT molecular complexity index is 2320. The zero-order valence-corrected chi connectivity index (χ0v) is 42.7. The number of rotatable bonds is 24. The molecule has 6 N–H and O–H groups in total. The van der Waals surface area contributed by atoms with Crippen molar-refractivity contribution in [3.63, 3.8) is 0 Å². The van der Waals surface area contributed by atoms with Gasteiger partial charge in [0.05, 0.1) is 48.6 Å². The molecule has 2 aromatic heterocycles. The van der Waals surface area contributed by atoms with E-state index >= 15 is 0 Å². The first-order valence-electron chi connectivity index (χ1n) is 24.2. The van der Waals surface area contributed by atoms with Gasteiger partial charge in [0.15, 0.2) is 0 Å². The third-order valence-electron chi connectivity index (χ3n) is 11.5. The van der Waals surface area contributed by atoms with Crippen LogP contribution in [0, 0.1) is 12.3 Å². The Morgan fingerprint density at radius 1 is 1.00 bits per heavy atom. The molecule has 3 aromatic carbocycles. The van der Waals surface area contributed by atoms with Gasteiger partial charge in [-0.1, -0.05) is 94.4 Å². The molecule has 2 atom stereocenters. The predicted octanol–water partition coefficient (Wildman–Crippen LogP) is 8.52. The highest BCUT2D eigenvalue weighted by molar-refractivity contribution is 7.13. The Kier molecular flexibility index (Phi) is 24.3. The molecule has 0 bridgehead atoms. The monoisotopic (exact) mass is 965 g/mol. The highest BCUT2D eigenvalue weighted by atomic mass is 32.1. The number of thiazole rings is 1. The molecule has 374 valence electrons. The zero-order chi connectivity index (χ0) is 50.0. The van der Waals surface area contributed by atoms with Gasteiger partial charge in [-0.05, 0) is 91.8 Å². The van der Waals surface area contributed by atoms with Crippen molar-refractivity contribution >= 4 is 52.4 Å². The van der Waals surface area contributed by atoms with Crippen LogP contribution in [0.2, 0.25) is 0 Å². The number of fused-ring (bicyclic) bond motifs is 1. The average molecular weight is 965 g/mol. The highest BCUT2D eigenvalue weighted by Gasteiger charge is 2.27. The van der Waals surface area contributed by atoms with Crippen LogP contribution in [0.15, 0.2) is 90.6 Å². The molecule has 2 unspecified atom stereocenters. The molecule has 15 heteroatoms. The van der Waals surface area contributed by atoms with E-state index in [2.05, 4.69) is 107 Å². The Balaban J connectivity index is 0.000000280. The zero-order valence-electron chi connectivity index (χ0n) is 41.9. The van der Waals surface area contributed by atoms with E-state index in [1.807, 2.05) is 61.5 Å².